The third kappa shape index (κ3) is 2.62. The van der Waals surface area contributed by atoms with E-state index in [2.05, 4.69) is 10.3 Å². The Labute approximate surface area is 100 Å². The van der Waals surface area contributed by atoms with Crippen LogP contribution < -0.4 is 5.32 Å². The van der Waals surface area contributed by atoms with E-state index in [1.165, 1.54) is 12.3 Å². The molecular weight excluding hydrogens is 238 g/mol. The Balaban J connectivity index is 2.28. The number of nitriles is 1. The Hall–Kier alpha value is -1.45. The number of aromatic nitrogens is 1. The maximum Gasteiger partial charge on any atom is 0.197 e. The summed E-state index contributed by atoms with van der Waals surface area (Å²) in [4.78, 5) is 3.83. The fourth-order valence-corrected chi connectivity index (χ4v) is 3.70. The van der Waals surface area contributed by atoms with Gasteiger partial charge in [0.15, 0.2) is 14.9 Å². The second-order valence-corrected chi connectivity index (χ2v) is 6.06. The molecule has 2 rings (SSSR count). The first-order chi connectivity index (χ1) is 8.13. The van der Waals surface area contributed by atoms with Gasteiger partial charge in [0.25, 0.3) is 0 Å². The van der Waals surface area contributed by atoms with Crippen LogP contribution in [0.2, 0.25) is 0 Å². The zero-order valence-corrected chi connectivity index (χ0v) is 10.1. The maximum absolute atomic E-state index is 12.1. The van der Waals surface area contributed by atoms with Gasteiger partial charge in [-0.1, -0.05) is 0 Å². The van der Waals surface area contributed by atoms with Crippen LogP contribution in [-0.2, 0) is 9.84 Å². The number of pyridine rings is 1. The lowest BCUT2D eigenvalue weighted by atomic mass is 10.2. The van der Waals surface area contributed by atoms with E-state index in [0.29, 0.717) is 6.54 Å². The molecule has 5 nitrogen and oxygen atoms in total. The van der Waals surface area contributed by atoms with Crippen LogP contribution in [0.1, 0.15) is 12.0 Å². The molecule has 0 saturated carbocycles. The van der Waals surface area contributed by atoms with Crippen LogP contribution in [0, 0.1) is 17.2 Å². The molecule has 0 radical (unpaired) electrons. The average molecular weight is 251 g/mol. The summed E-state index contributed by atoms with van der Waals surface area (Å²) < 4.78 is 24.3. The zero-order valence-electron chi connectivity index (χ0n) is 9.26. The van der Waals surface area contributed by atoms with Crippen LogP contribution in [-0.4, -0.2) is 32.2 Å². The standard InChI is InChI=1S/C11H13N3O2S/c12-6-10-2-1-4-14-11(10)17(15,16)8-9-3-5-13-7-9/h1-2,4,9,13H,3,5,7-8H2. The minimum Gasteiger partial charge on any atom is -0.316 e. The van der Waals surface area contributed by atoms with Crippen molar-refractivity contribution in [2.75, 3.05) is 18.8 Å². The Morgan fingerprint density at radius 1 is 1.59 bits per heavy atom. The van der Waals surface area contributed by atoms with Crippen molar-refractivity contribution in [2.45, 2.75) is 11.4 Å². The van der Waals surface area contributed by atoms with E-state index in [0.717, 1.165) is 13.0 Å². The highest BCUT2D eigenvalue weighted by molar-refractivity contribution is 7.91. The van der Waals surface area contributed by atoms with Gasteiger partial charge in [-0.25, -0.2) is 13.4 Å². The van der Waals surface area contributed by atoms with Crippen molar-refractivity contribution < 1.29 is 8.42 Å². The molecule has 17 heavy (non-hydrogen) atoms. The topological polar surface area (TPSA) is 82.8 Å². The van der Waals surface area contributed by atoms with Gasteiger partial charge >= 0.3 is 0 Å². The largest absolute Gasteiger partial charge is 0.316 e. The molecule has 0 bridgehead atoms. The Kier molecular flexibility index (Phi) is 3.41. The minimum atomic E-state index is -3.46. The lowest BCUT2D eigenvalue weighted by molar-refractivity contribution is 0.567. The number of nitrogens with one attached hydrogen (secondary N) is 1. The van der Waals surface area contributed by atoms with E-state index in [1.54, 1.807) is 6.07 Å². The summed E-state index contributed by atoms with van der Waals surface area (Å²) in [5, 5.41) is 11.9. The van der Waals surface area contributed by atoms with Gasteiger partial charge in [0.1, 0.15) is 6.07 Å². The highest BCUT2D eigenvalue weighted by Crippen LogP contribution is 2.18. The maximum atomic E-state index is 12.1. The van der Waals surface area contributed by atoms with Crippen LogP contribution >= 0.6 is 0 Å². The number of sulfone groups is 1. The highest BCUT2D eigenvalue weighted by atomic mass is 32.2. The van der Waals surface area contributed by atoms with Crippen molar-refractivity contribution in [3.63, 3.8) is 0 Å². The van der Waals surface area contributed by atoms with Gasteiger partial charge in [0, 0.05) is 6.20 Å². The van der Waals surface area contributed by atoms with Gasteiger partial charge < -0.3 is 5.32 Å². The summed E-state index contributed by atoms with van der Waals surface area (Å²) in [5.74, 6) is 0.180. The first-order valence-electron chi connectivity index (χ1n) is 5.42. The van der Waals surface area contributed by atoms with E-state index in [-0.39, 0.29) is 22.3 Å². The summed E-state index contributed by atoms with van der Waals surface area (Å²) in [6, 6.07) is 4.91. The summed E-state index contributed by atoms with van der Waals surface area (Å²) in [6.45, 7) is 1.57. The fourth-order valence-electron chi connectivity index (χ4n) is 1.97. The predicted molar refractivity (Wildman–Crippen MR) is 62.0 cm³/mol. The first kappa shape index (κ1) is 12.0. The van der Waals surface area contributed by atoms with Crippen molar-refractivity contribution in [3.05, 3.63) is 23.9 Å². The summed E-state index contributed by atoms with van der Waals surface area (Å²) in [7, 11) is -3.46. The fraction of sp³-hybridized carbons (Fsp3) is 0.455. The van der Waals surface area contributed by atoms with E-state index < -0.39 is 9.84 Å². The second kappa shape index (κ2) is 4.82. The number of nitrogens with zero attached hydrogens (tertiary/aromatic N) is 2. The Morgan fingerprint density at radius 3 is 3.06 bits per heavy atom. The van der Waals surface area contributed by atoms with E-state index >= 15 is 0 Å². The van der Waals surface area contributed by atoms with Gasteiger partial charge in [-0.2, -0.15) is 5.26 Å². The number of rotatable bonds is 3. The third-order valence-corrected chi connectivity index (χ3v) is 4.63. The lowest BCUT2D eigenvalue weighted by Gasteiger charge is -2.09. The minimum absolute atomic E-state index is 0.0612. The van der Waals surface area contributed by atoms with Crippen LogP contribution in [0.5, 0.6) is 0 Å². The van der Waals surface area contributed by atoms with Gasteiger partial charge in [0.05, 0.1) is 11.3 Å². The summed E-state index contributed by atoms with van der Waals surface area (Å²) in [5.41, 5.74) is 0.124. The third-order valence-electron chi connectivity index (χ3n) is 2.80. The Bertz CT molecular complexity index is 542. The normalized spacial score (nSPS) is 20.1. The molecule has 1 aromatic rings. The molecule has 1 aliphatic rings. The van der Waals surface area contributed by atoms with Gasteiger partial charge in [-0.3, -0.25) is 0 Å². The molecule has 1 aliphatic heterocycles. The molecule has 1 atom stereocenters. The molecule has 1 aromatic heterocycles. The number of hydrogen-bond acceptors (Lipinski definition) is 5. The smallest absolute Gasteiger partial charge is 0.197 e. The number of hydrogen-bond donors (Lipinski definition) is 1. The van der Waals surface area contributed by atoms with Crippen molar-refractivity contribution in [1.29, 1.82) is 5.26 Å². The highest BCUT2D eigenvalue weighted by Gasteiger charge is 2.26. The monoisotopic (exact) mass is 251 g/mol. The van der Waals surface area contributed by atoms with Gasteiger partial charge in [-0.05, 0) is 37.6 Å². The van der Waals surface area contributed by atoms with Crippen LogP contribution in [0.25, 0.3) is 0 Å². The van der Waals surface area contributed by atoms with Crippen LogP contribution in [0.15, 0.2) is 23.4 Å². The van der Waals surface area contributed by atoms with Crippen molar-refractivity contribution in [1.82, 2.24) is 10.3 Å². The molecule has 0 amide bonds. The van der Waals surface area contributed by atoms with Crippen molar-refractivity contribution in [2.24, 2.45) is 5.92 Å². The predicted octanol–water partition coefficient (Wildman–Crippen LogP) is 0.336. The molecule has 0 spiro atoms. The lowest BCUT2D eigenvalue weighted by Crippen LogP contribution is -2.20. The average Bonchev–Trinajstić information content (AvgIpc) is 2.81. The molecule has 1 N–H and O–H groups in total. The van der Waals surface area contributed by atoms with Crippen molar-refractivity contribution >= 4 is 9.84 Å². The zero-order chi connectivity index (χ0) is 12.3. The van der Waals surface area contributed by atoms with Gasteiger partial charge in [0.2, 0.25) is 0 Å². The molecule has 0 aromatic carbocycles. The molecule has 2 heterocycles. The molecule has 90 valence electrons. The first-order valence-corrected chi connectivity index (χ1v) is 7.07. The molecule has 1 saturated heterocycles. The second-order valence-electron chi connectivity index (χ2n) is 4.11. The van der Waals surface area contributed by atoms with Crippen molar-refractivity contribution in [3.8, 4) is 6.07 Å². The molecular formula is C11H13N3O2S. The molecule has 0 aliphatic carbocycles. The van der Waals surface area contributed by atoms with E-state index in [9.17, 15) is 8.42 Å². The van der Waals surface area contributed by atoms with Crippen LogP contribution in [0.4, 0.5) is 0 Å². The van der Waals surface area contributed by atoms with Crippen LogP contribution in [0.3, 0.4) is 0 Å². The summed E-state index contributed by atoms with van der Waals surface area (Å²) in [6.07, 6.45) is 2.26. The van der Waals surface area contributed by atoms with E-state index in [1.807, 2.05) is 6.07 Å². The van der Waals surface area contributed by atoms with E-state index in [4.69, 9.17) is 5.26 Å². The molecule has 6 heteroatoms. The Morgan fingerprint density at radius 2 is 2.41 bits per heavy atom. The molecule has 1 fully saturated rings. The molecule has 1 unspecified atom stereocenters. The summed E-state index contributed by atoms with van der Waals surface area (Å²) >= 11 is 0. The van der Waals surface area contributed by atoms with Gasteiger partial charge in [-0.15, -0.1) is 0 Å². The quantitative estimate of drug-likeness (QED) is 0.837. The SMILES string of the molecule is N#Cc1cccnc1S(=O)(=O)CC1CCNC1.